The van der Waals surface area contributed by atoms with E-state index in [2.05, 4.69) is 37.1 Å². The SMILES string of the molecule is CCCCC(C)(C)c1cn[c]nc1. The summed E-state index contributed by atoms with van der Waals surface area (Å²) < 4.78 is 0. The van der Waals surface area contributed by atoms with Gasteiger partial charge in [0, 0.05) is 12.4 Å². The van der Waals surface area contributed by atoms with Crippen LogP contribution in [0.25, 0.3) is 0 Å². The molecular weight excluding hydrogens is 160 g/mol. The van der Waals surface area contributed by atoms with Gasteiger partial charge in [-0.25, -0.2) is 9.97 Å². The first kappa shape index (κ1) is 10.2. The molecular formula is C11H17N2. The van der Waals surface area contributed by atoms with E-state index in [0.29, 0.717) is 0 Å². The van der Waals surface area contributed by atoms with Crippen molar-refractivity contribution in [3.63, 3.8) is 0 Å². The largest absolute Gasteiger partial charge is 0.233 e. The van der Waals surface area contributed by atoms with Crippen LogP contribution in [0.3, 0.4) is 0 Å². The van der Waals surface area contributed by atoms with Crippen molar-refractivity contribution in [3.05, 3.63) is 24.3 Å². The summed E-state index contributed by atoms with van der Waals surface area (Å²) in [5.74, 6) is 0. The van der Waals surface area contributed by atoms with Crippen molar-refractivity contribution in [2.24, 2.45) is 0 Å². The average Bonchev–Trinajstić information content (AvgIpc) is 2.16. The predicted octanol–water partition coefficient (Wildman–Crippen LogP) is 2.74. The minimum absolute atomic E-state index is 0.200. The molecule has 0 N–H and O–H groups in total. The maximum Gasteiger partial charge on any atom is 0.197 e. The quantitative estimate of drug-likeness (QED) is 0.706. The molecule has 0 aromatic carbocycles. The second-order valence-electron chi connectivity index (χ2n) is 4.06. The zero-order valence-corrected chi connectivity index (χ0v) is 8.67. The molecule has 1 aromatic rings. The molecule has 0 atom stereocenters. The molecule has 71 valence electrons. The Hall–Kier alpha value is -0.920. The van der Waals surface area contributed by atoms with Crippen LogP contribution in [0.15, 0.2) is 12.4 Å². The molecule has 0 amide bonds. The van der Waals surface area contributed by atoms with Crippen molar-refractivity contribution >= 4 is 0 Å². The second-order valence-corrected chi connectivity index (χ2v) is 4.06. The zero-order valence-electron chi connectivity index (χ0n) is 8.67. The van der Waals surface area contributed by atoms with Gasteiger partial charge in [-0.05, 0) is 17.4 Å². The molecule has 0 spiro atoms. The summed E-state index contributed by atoms with van der Waals surface area (Å²) in [5.41, 5.74) is 1.41. The molecule has 1 heterocycles. The van der Waals surface area contributed by atoms with Gasteiger partial charge in [0.1, 0.15) is 0 Å². The third kappa shape index (κ3) is 2.79. The molecule has 1 rings (SSSR count). The number of hydrogen-bond acceptors (Lipinski definition) is 2. The van der Waals surface area contributed by atoms with Crippen LogP contribution in [-0.2, 0) is 5.41 Å². The van der Waals surface area contributed by atoms with Gasteiger partial charge < -0.3 is 0 Å². The van der Waals surface area contributed by atoms with Crippen LogP contribution < -0.4 is 0 Å². The van der Waals surface area contributed by atoms with Crippen LogP contribution in [0.4, 0.5) is 0 Å². The smallest absolute Gasteiger partial charge is 0.197 e. The highest BCUT2D eigenvalue weighted by Gasteiger charge is 2.19. The van der Waals surface area contributed by atoms with E-state index in [0.717, 1.165) is 0 Å². The molecule has 13 heavy (non-hydrogen) atoms. The first-order valence-corrected chi connectivity index (χ1v) is 4.85. The van der Waals surface area contributed by atoms with E-state index < -0.39 is 0 Å². The fraction of sp³-hybridized carbons (Fsp3) is 0.636. The average molecular weight is 177 g/mol. The van der Waals surface area contributed by atoms with E-state index >= 15 is 0 Å². The van der Waals surface area contributed by atoms with Crippen molar-refractivity contribution in [2.75, 3.05) is 0 Å². The van der Waals surface area contributed by atoms with Crippen LogP contribution in [-0.4, -0.2) is 9.97 Å². The van der Waals surface area contributed by atoms with Gasteiger partial charge in [0.15, 0.2) is 6.33 Å². The van der Waals surface area contributed by atoms with Crippen LogP contribution in [0, 0.1) is 6.33 Å². The normalized spacial score (nSPS) is 11.6. The summed E-state index contributed by atoms with van der Waals surface area (Å²) in [6, 6.07) is 0. The van der Waals surface area contributed by atoms with E-state index in [-0.39, 0.29) is 5.41 Å². The Morgan fingerprint density at radius 1 is 1.31 bits per heavy atom. The fourth-order valence-electron chi connectivity index (χ4n) is 1.38. The lowest BCUT2D eigenvalue weighted by molar-refractivity contribution is 0.455. The van der Waals surface area contributed by atoms with Crippen LogP contribution in [0.5, 0.6) is 0 Å². The van der Waals surface area contributed by atoms with Gasteiger partial charge in [-0.3, -0.25) is 0 Å². The minimum Gasteiger partial charge on any atom is -0.233 e. The molecule has 0 unspecified atom stereocenters. The molecule has 0 saturated heterocycles. The van der Waals surface area contributed by atoms with Crippen LogP contribution in [0.1, 0.15) is 45.6 Å². The molecule has 1 radical (unpaired) electrons. The lowest BCUT2D eigenvalue weighted by Gasteiger charge is -2.23. The number of rotatable bonds is 4. The Labute approximate surface area is 80.4 Å². The molecule has 0 bridgehead atoms. The van der Waals surface area contributed by atoms with E-state index in [1.165, 1.54) is 24.8 Å². The predicted molar refractivity (Wildman–Crippen MR) is 53.4 cm³/mol. The Morgan fingerprint density at radius 2 is 1.92 bits per heavy atom. The summed E-state index contributed by atoms with van der Waals surface area (Å²) in [7, 11) is 0. The molecule has 1 aromatic heterocycles. The van der Waals surface area contributed by atoms with Crippen LogP contribution in [0.2, 0.25) is 0 Å². The Bertz CT molecular complexity index is 242. The number of aromatic nitrogens is 2. The monoisotopic (exact) mass is 177 g/mol. The number of hydrogen-bond donors (Lipinski definition) is 0. The summed E-state index contributed by atoms with van der Waals surface area (Å²) in [5, 5.41) is 0. The first-order chi connectivity index (χ1) is 6.17. The summed E-state index contributed by atoms with van der Waals surface area (Å²) in [6.07, 6.45) is 9.97. The lowest BCUT2D eigenvalue weighted by atomic mass is 9.82. The summed E-state index contributed by atoms with van der Waals surface area (Å²) in [4.78, 5) is 7.85. The molecule has 0 saturated carbocycles. The third-order valence-corrected chi connectivity index (χ3v) is 2.46. The van der Waals surface area contributed by atoms with Gasteiger partial charge in [-0.15, -0.1) is 0 Å². The van der Waals surface area contributed by atoms with Crippen molar-refractivity contribution in [1.82, 2.24) is 9.97 Å². The maximum atomic E-state index is 3.92. The maximum absolute atomic E-state index is 3.92. The standard InChI is InChI=1S/C11H17N2/c1-4-5-6-11(2,3)10-7-12-9-13-8-10/h7-8H,4-6H2,1-3H3. The van der Waals surface area contributed by atoms with Crippen molar-refractivity contribution in [2.45, 2.75) is 45.4 Å². The molecule has 2 heteroatoms. The summed E-state index contributed by atoms with van der Waals surface area (Å²) >= 11 is 0. The van der Waals surface area contributed by atoms with Gasteiger partial charge in [0.2, 0.25) is 0 Å². The van der Waals surface area contributed by atoms with Gasteiger partial charge in [-0.1, -0.05) is 33.6 Å². The highest BCUT2D eigenvalue weighted by atomic mass is 14.8. The molecule has 2 nitrogen and oxygen atoms in total. The topological polar surface area (TPSA) is 25.8 Å². The Morgan fingerprint density at radius 3 is 2.46 bits per heavy atom. The van der Waals surface area contributed by atoms with Crippen molar-refractivity contribution in [3.8, 4) is 0 Å². The van der Waals surface area contributed by atoms with E-state index in [1.54, 1.807) is 0 Å². The first-order valence-electron chi connectivity index (χ1n) is 4.85. The van der Waals surface area contributed by atoms with E-state index in [1.807, 2.05) is 12.4 Å². The van der Waals surface area contributed by atoms with Gasteiger partial charge in [0.25, 0.3) is 0 Å². The fourth-order valence-corrected chi connectivity index (χ4v) is 1.38. The van der Waals surface area contributed by atoms with E-state index in [4.69, 9.17) is 0 Å². The van der Waals surface area contributed by atoms with Gasteiger partial charge in [0.05, 0.1) is 0 Å². The Kier molecular flexibility index (Phi) is 3.40. The van der Waals surface area contributed by atoms with Gasteiger partial charge >= 0.3 is 0 Å². The lowest BCUT2D eigenvalue weighted by Crippen LogP contribution is -2.17. The van der Waals surface area contributed by atoms with Gasteiger partial charge in [-0.2, -0.15) is 0 Å². The molecule has 0 fully saturated rings. The molecule has 0 aliphatic heterocycles. The van der Waals surface area contributed by atoms with Crippen molar-refractivity contribution < 1.29 is 0 Å². The number of nitrogens with zero attached hydrogens (tertiary/aromatic N) is 2. The third-order valence-electron chi connectivity index (χ3n) is 2.46. The van der Waals surface area contributed by atoms with Crippen LogP contribution >= 0.6 is 0 Å². The zero-order chi connectivity index (χ0) is 9.73. The molecule has 0 aliphatic carbocycles. The Balaban J connectivity index is 2.69. The van der Waals surface area contributed by atoms with Crippen molar-refractivity contribution in [1.29, 1.82) is 0 Å². The highest BCUT2D eigenvalue weighted by molar-refractivity contribution is 5.15. The molecule has 0 aliphatic rings. The van der Waals surface area contributed by atoms with E-state index in [9.17, 15) is 0 Å². The summed E-state index contributed by atoms with van der Waals surface area (Å²) in [6.45, 7) is 6.69. The second kappa shape index (κ2) is 4.35. The highest BCUT2D eigenvalue weighted by Crippen LogP contribution is 2.27. The minimum atomic E-state index is 0.200. The number of unbranched alkanes of at least 4 members (excludes halogenated alkanes) is 1.